The zero-order valence-corrected chi connectivity index (χ0v) is 18.7. The molecule has 6 nitrogen and oxygen atoms in total. The van der Waals surface area contributed by atoms with Gasteiger partial charge < -0.3 is 20.1 Å². The molecular weight excluding hydrogens is 447 g/mol. The molecule has 4 rings (SSSR count). The lowest BCUT2D eigenvalue weighted by Gasteiger charge is -2.34. The third kappa shape index (κ3) is 4.93. The highest BCUT2D eigenvalue weighted by Crippen LogP contribution is 2.41. The topological polar surface area (TPSA) is 74.7 Å². The van der Waals surface area contributed by atoms with Crippen LogP contribution < -0.4 is 15.0 Å². The summed E-state index contributed by atoms with van der Waals surface area (Å²) in [6.45, 7) is 4.96. The van der Waals surface area contributed by atoms with Gasteiger partial charge >= 0.3 is 12.1 Å². The molecule has 34 heavy (non-hydrogen) atoms. The van der Waals surface area contributed by atoms with Crippen molar-refractivity contribution in [1.29, 1.82) is 0 Å². The van der Waals surface area contributed by atoms with Crippen LogP contribution in [0.3, 0.4) is 0 Å². The molecule has 0 aliphatic carbocycles. The molecule has 0 fully saturated rings. The fraction of sp³-hybridized carbons (Fsp3) is 0.280. The van der Waals surface area contributed by atoms with Gasteiger partial charge in [0.05, 0.1) is 23.7 Å². The van der Waals surface area contributed by atoms with E-state index in [2.05, 4.69) is 10.3 Å². The summed E-state index contributed by atoms with van der Waals surface area (Å²) in [7, 11) is 0. The number of carboxylic acid groups (broad SMARTS) is 1. The van der Waals surface area contributed by atoms with Crippen molar-refractivity contribution in [3.63, 3.8) is 0 Å². The van der Waals surface area contributed by atoms with Crippen LogP contribution in [0.15, 0.2) is 54.7 Å². The first-order chi connectivity index (χ1) is 16.1. The van der Waals surface area contributed by atoms with Gasteiger partial charge in [-0.1, -0.05) is 24.3 Å². The molecule has 1 aliphatic rings. The Balaban J connectivity index is 1.63. The van der Waals surface area contributed by atoms with Gasteiger partial charge in [0.15, 0.2) is 11.6 Å². The van der Waals surface area contributed by atoms with E-state index in [0.29, 0.717) is 36.0 Å². The number of aromatic carboxylic acids is 1. The zero-order valence-electron chi connectivity index (χ0n) is 18.7. The molecule has 3 aromatic rings. The molecular formula is C25H24F3N3O3. The molecule has 9 heteroatoms. The number of carboxylic acids is 1. The Labute approximate surface area is 195 Å². The third-order valence-corrected chi connectivity index (χ3v) is 5.75. The second-order valence-corrected chi connectivity index (χ2v) is 8.23. The van der Waals surface area contributed by atoms with Crippen LogP contribution >= 0.6 is 0 Å². The Morgan fingerprint density at radius 1 is 1.24 bits per heavy atom. The highest BCUT2D eigenvalue weighted by Gasteiger charge is 2.31. The van der Waals surface area contributed by atoms with E-state index in [1.807, 2.05) is 18.7 Å². The van der Waals surface area contributed by atoms with E-state index in [1.165, 1.54) is 18.2 Å². The Hall–Kier alpha value is -3.75. The molecule has 2 N–H and O–H groups in total. The summed E-state index contributed by atoms with van der Waals surface area (Å²) in [6, 6.07) is 11.7. The average molecular weight is 471 g/mol. The van der Waals surface area contributed by atoms with Crippen molar-refractivity contribution in [3.8, 4) is 5.75 Å². The first-order valence-corrected chi connectivity index (χ1v) is 10.8. The summed E-state index contributed by atoms with van der Waals surface area (Å²) in [4.78, 5) is 17.6. The largest absolute Gasteiger partial charge is 0.489 e. The van der Waals surface area contributed by atoms with E-state index in [1.54, 1.807) is 24.4 Å². The van der Waals surface area contributed by atoms with Crippen LogP contribution in [0.1, 0.15) is 45.6 Å². The first-order valence-electron chi connectivity index (χ1n) is 10.8. The number of alkyl halides is 3. The van der Waals surface area contributed by atoms with Gasteiger partial charge in [-0.25, -0.2) is 9.78 Å². The van der Waals surface area contributed by atoms with E-state index >= 15 is 0 Å². The van der Waals surface area contributed by atoms with Crippen LogP contribution in [0.2, 0.25) is 0 Å². The number of hydrogen-bond acceptors (Lipinski definition) is 5. The van der Waals surface area contributed by atoms with Gasteiger partial charge in [0.1, 0.15) is 12.3 Å². The Kier molecular flexibility index (Phi) is 6.37. The number of benzene rings is 2. The van der Waals surface area contributed by atoms with Crippen LogP contribution in [-0.2, 0) is 12.7 Å². The number of aryl methyl sites for hydroxylation is 1. The smallest absolute Gasteiger partial charge is 0.416 e. The number of aromatic nitrogens is 1. The lowest BCUT2D eigenvalue weighted by molar-refractivity contribution is -0.137. The molecule has 0 bridgehead atoms. The summed E-state index contributed by atoms with van der Waals surface area (Å²) in [5, 5.41) is 12.5. The maximum Gasteiger partial charge on any atom is 0.416 e. The number of hydrogen-bond donors (Lipinski definition) is 2. The third-order valence-electron chi connectivity index (χ3n) is 5.75. The second kappa shape index (κ2) is 9.24. The lowest BCUT2D eigenvalue weighted by Crippen LogP contribution is -2.33. The standard InChI is InChI=1S/C25H24F3N3O3/c1-15-13-29-23(30-16(2)18-6-8-19(9-7-18)24(32)33)21-22(15)34-11-10-31(21)14-17-4-3-5-20(12-17)25(26,27)28/h3-9,12-13,16H,10-11,14H2,1-2H3,(H,29,30)(H,32,33)/t16-/m0/s1. The predicted octanol–water partition coefficient (Wildman–Crippen LogP) is 5.68. The number of halogens is 3. The highest BCUT2D eigenvalue weighted by molar-refractivity contribution is 5.87. The van der Waals surface area contributed by atoms with Crippen LogP contribution in [0.25, 0.3) is 0 Å². The molecule has 0 spiro atoms. The van der Waals surface area contributed by atoms with Gasteiger partial charge in [-0.2, -0.15) is 13.2 Å². The maximum absolute atomic E-state index is 13.2. The number of carbonyl (C=O) groups is 1. The fourth-order valence-corrected chi connectivity index (χ4v) is 3.95. The number of anilines is 2. The van der Waals surface area contributed by atoms with Gasteiger partial charge in [0, 0.05) is 18.3 Å². The summed E-state index contributed by atoms with van der Waals surface area (Å²) >= 11 is 0. The lowest BCUT2D eigenvalue weighted by atomic mass is 10.1. The fourth-order valence-electron chi connectivity index (χ4n) is 3.95. The van der Waals surface area contributed by atoms with Crippen LogP contribution in [0, 0.1) is 6.92 Å². The minimum absolute atomic E-state index is 0.197. The van der Waals surface area contributed by atoms with Crippen LogP contribution in [-0.4, -0.2) is 29.2 Å². The highest BCUT2D eigenvalue weighted by atomic mass is 19.4. The first kappa shape index (κ1) is 23.4. The van der Waals surface area contributed by atoms with Crippen molar-refractivity contribution in [2.24, 2.45) is 0 Å². The van der Waals surface area contributed by atoms with Gasteiger partial charge in [-0.15, -0.1) is 0 Å². The van der Waals surface area contributed by atoms with E-state index in [9.17, 15) is 18.0 Å². The van der Waals surface area contributed by atoms with Crippen LogP contribution in [0.5, 0.6) is 5.75 Å². The molecule has 0 saturated heterocycles. The summed E-state index contributed by atoms with van der Waals surface area (Å²) in [5.74, 6) is 0.190. The minimum atomic E-state index is -4.41. The molecule has 1 atom stereocenters. The monoisotopic (exact) mass is 471 g/mol. The molecule has 2 heterocycles. The maximum atomic E-state index is 13.2. The van der Waals surface area contributed by atoms with Crippen molar-refractivity contribution >= 4 is 17.5 Å². The quantitative estimate of drug-likeness (QED) is 0.482. The van der Waals surface area contributed by atoms with Gasteiger partial charge in [-0.05, 0) is 49.2 Å². The Bertz CT molecular complexity index is 1200. The van der Waals surface area contributed by atoms with Crippen molar-refractivity contribution in [1.82, 2.24) is 4.98 Å². The molecule has 0 unspecified atom stereocenters. The predicted molar refractivity (Wildman–Crippen MR) is 122 cm³/mol. The number of fused-ring (bicyclic) bond motifs is 1. The number of pyridine rings is 1. The van der Waals surface area contributed by atoms with E-state index in [-0.39, 0.29) is 18.2 Å². The second-order valence-electron chi connectivity index (χ2n) is 8.23. The Morgan fingerprint density at radius 2 is 1.97 bits per heavy atom. The average Bonchev–Trinajstić information content (AvgIpc) is 2.81. The van der Waals surface area contributed by atoms with E-state index < -0.39 is 17.7 Å². The van der Waals surface area contributed by atoms with Crippen molar-refractivity contribution in [2.75, 3.05) is 23.4 Å². The van der Waals surface area contributed by atoms with Gasteiger partial charge in [0.25, 0.3) is 0 Å². The number of nitrogens with zero attached hydrogens (tertiary/aromatic N) is 2. The molecule has 0 saturated carbocycles. The normalized spacial score (nSPS) is 14.2. The van der Waals surface area contributed by atoms with Gasteiger partial charge in [-0.3, -0.25) is 0 Å². The van der Waals surface area contributed by atoms with E-state index in [0.717, 1.165) is 23.3 Å². The van der Waals surface area contributed by atoms with Crippen molar-refractivity contribution < 1.29 is 27.8 Å². The zero-order chi connectivity index (χ0) is 24.5. The molecule has 1 aliphatic heterocycles. The molecule has 178 valence electrons. The summed E-state index contributed by atoms with van der Waals surface area (Å²) < 4.78 is 45.5. The minimum Gasteiger partial charge on any atom is -0.489 e. The summed E-state index contributed by atoms with van der Waals surface area (Å²) in [5.41, 5.74) is 2.43. The van der Waals surface area contributed by atoms with Crippen LogP contribution in [0.4, 0.5) is 24.7 Å². The number of nitrogens with one attached hydrogen (secondary N) is 1. The SMILES string of the molecule is Cc1cnc(N[C@@H](C)c2ccc(C(=O)O)cc2)c2c1OCCN2Cc1cccc(C(F)(F)F)c1. The summed E-state index contributed by atoms with van der Waals surface area (Å²) in [6.07, 6.45) is -2.72. The molecule has 2 aromatic carbocycles. The van der Waals surface area contributed by atoms with E-state index in [4.69, 9.17) is 9.84 Å². The van der Waals surface area contributed by atoms with Crippen molar-refractivity contribution in [3.05, 3.63) is 82.5 Å². The van der Waals surface area contributed by atoms with Crippen molar-refractivity contribution in [2.45, 2.75) is 32.6 Å². The molecule has 0 amide bonds. The number of ether oxygens (including phenoxy) is 1. The number of rotatable bonds is 6. The van der Waals surface area contributed by atoms with Gasteiger partial charge in [0.2, 0.25) is 0 Å². The molecule has 0 radical (unpaired) electrons. The Morgan fingerprint density at radius 3 is 2.65 bits per heavy atom. The molecule has 1 aromatic heterocycles.